The van der Waals surface area contributed by atoms with Crippen LogP contribution >= 0.6 is 23.1 Å². The lowest BCUT2D eigenvalue weighted by Crippen LogP contribution is -2.50. The van der Waals surface area contributed by atoms with Gasteiger partial charge in [0.2, 0.25) is 11.8 Å². The molecule has 1 saturated heterocycles. The standard InChI is InChI=1S/C23H26N4O2S2/c1-16-6-5-7-17(2)22(16)25-20(28)14-26-10-12-27(13-11-26)21(29)15-30-23-24-18-8-3-4-9-19(18)31-23/h3-9H,10-15H2,1-2H3,(H,25,28). The monoisotopic (exact) mass is 454 g/mol. The summed E-state index contributed by atoms with van der Waals surface area (Å²) < 4.78 is 2.07. The smallest absolute Gasteiger partial charge is 0.238 e. The van der Waals surface area contributed by atoms with E-state index in [1.54, 1.807) is 11.3 Å². The van der Waals surface area contributed by atoms with E-state index in [4.69, 9.17) is 0 Å². The quantitative estimate of drug-likeness (QED) is 0.574. The number of amides is 2. The maximum Gasteiger partial charge on any atom is 0.238 e. The number of anilines is 1. The van der Waals surface area contributed by atoms with Crippen molar-refractivity contribution in [2.24, 2.45) is 0 Å². The van der Waals surface area contributed by atoms with E-state index in [0.29, 0.717) is 38.5 Å². The van der Waals surface area contributed by atoms with Crippen LogP contribution in [0.25, 0.3) is 10.2 Å². The summed E-state index contributed by atoms with van der Waals surface area (Å²) in [4.78, 5) is 33.7. The second-order valence-corrected chi connectivity index (χ2v) is 9.96. The first-order chi connectivity index (χ1) is 15.0. The minimum Gasteiger partial charge on any atom is -0.339 e. The lowest BCUT2D eigenvalue weighted by molar-refractivity contribution is -0.130. The second kappa shape index (κ2) is 9.80. The number of aryl methyl sites for hydroxylation is 2. The van der Waals surface area contributed by atoms with Gasteiger partial charge < -0.3 is 10.2 Å². The van der Waals surface area contributed by atoms with E-state index in [1.165, 1.54) is 11.8 Å². The molecular formula is C23H26N4O2S2. The van der Waals surface area contributed by atoms with Crippen LogP contribution in [0.5, 0.6) is 0 Å². The number of carbonyl (C=O) groups is 2. The molecule has 6 nitrogen and oxygen atoms in total. The fourth-order valence-corrected chi connectivity index (χ4v) is 5.65. The zero-order valence-electron chi connectivity index (χ0n) is 17.8. The van der Waals surface area contributed by atoms with Gasteiger partial charge in [-0.3, -0.25) is 14.5 Å². The summed E-state index contributed by atoms with van der Waals surface area (Å²) in [5, 5.41) is 3.04. The molecule has 1 fully saturated rings. The van der Waals surface area contributed by atoms with Crippen molar-refractivity contribution in [3.05, 3.63) is 53.6 Å². The normalized spacial score (nSPS) is 14.7. The molecule has 162 valence electrons. The van der Waals surface area contributed by atoms with Crippen molar-refractivity contribution in [2.75, 3.05) is 43.8 Å². The topological polar surface area (TPSA) is 65.5 Å². The Morgan fingerprint density at radius 3 is 2.45 bits per heavy atom. The number of para-hydroxylation sites is 2. The minimum absolute atomic E-state index is 0.0106. The molecule has 0 aliphatic carbocycles. The van der Waals surface area contributed by atoms with E-state index < -0.39 is 0 Å². The van der Waals surface area contributed by atoms with Gasteiger partial charge >= 0.3 is 0 Å². The van der Waals surface area contributed by atoms with E-state index in [0.717, 1.165) is 31.4 Å². The molecular weight excluding hydrogens is 428 g/mol. The highest BCUT2D eigenvalue weighted by Gasteiger charge is 2.23. The molecule has 8 heteroatoms. The summed E-state index contributed by atoms with van der Waals surface area (Å²) >= 11 is 3.13. The van der Waals surface area contributed by atoms with Gasteiger partial charge in [-0.15, -0.1) is 11.3 Å². The second-order valence-electron chi connectivity index (χ2n) is 7.71. The van der Waals surface area contributed by atoms with Gasteiger partial charge in [0.25, 0.3) is 0 Å². The highest BCUT2D eigenvalue weighted by molar-refractivity contribution is 8.01. The summed E-state index contributed by atoms with van der Waals surface area (Å²) in [6, 6.07) is 14.0. The first-order valence-corrected chi connectivity index (χ1v) is 12.1. The average molecular weight is 455 g/mol. The summed E-state index contributed by atoms with van der Waals surface area (Å²) in [5.41, 5.74) is 4.01. The number of benzene rings is 2. The Balaban J connectivity index is 1.22. The van der Waals surface area contributed by atoms with E-state index >= 15 is 0 Å². The highest BCUT2D eigenvalue weighted by Crippen LogP contribution is 2.29. The Morgan fingerprint density at radius 2 is 1.74 bits per heavy atom. The molecule has 0 atom stereocenters. The molecule has 3 aromatic rings. The number of hydrogen-bond acceptors (Lipinski definition) is 6. The van der Waals surface area contributed by atoms with Crippen LogP contribution in [0.2, 0.25) is 0 Å². The van der Waals surface area contributed by atoms with Crippen molar-refractivity contribution >= 4 is 50.8 Å². The average Bonchev–Trinajstić information content (AvgIpc) is 3.18. The number of hydrogen-bond donors (Lipinski definition) is 1. The van der Waals surface area contributed by atoms with E-state index in [2.05, 4.69) is 21.3 Å². The van der Waals surface area contributed by atoms with Gasteiger partial charge in [0.05, 0.1) is 22.5 Å². The third-order valence-electron chi connectivity index (χ3n) is 5.43. The van der Waals surface area contributed by atoms with Crippen LogP contribution in [0.15, 0.2) is 46.8 Å². The summed E-state index contributed by atoms with van der Waals surface area (Å²) in [7, 11) is 0. The zero-order chi connectivity index (χ0) is 21.8. The lowest BCUT2D eigenvalue weighted by Gasteiger charge is -2.34. The molecule has 31 heavy (non-hydrogen) atoms. The maximum atomic E-state index is 12.6. The molecule has 1 aliphatic heterocycles. The minimum atomic E-state index is -0.0106. The first-order valence-electron chi connectivity index (χ1n) is 10.3. The predicted molar refractivity (Wildman–Crippen MR) is 128 cm³/mol. The Morgan fingerprint density at radius 1 is 1.03 bits per heavy atom. The number of nitrogens with zero attached hydrogens (tertiary/aromatic N) is 3. The van der Waals surface area contributed by atoms with Crippen molar-refractivity contribution < 1.29 is 9.59 Å². The van der Waals surface area contributed by atoms with E-state index in [-0.39, 0.29) is 11.8 Å². The fraction of sp³-hybridized carbons (Fsp3) is 0.348. The summed E-state index contributed by atoms with van der Waals surface area (Å²) in [6.45, 7) is 7.05. The molecule has 1 aromatic heterocycles. The van der Waals surface area contributed by atoms with Gasteiger partial charge in [-0.05, 0) is 37.1 Å². The van der Waals surface area contributed by atoms with Crippen LogP contribution in [0.4, 0.5) is 5.69 Å². The van der Waals surface area contributed by atoms with Gasteiger partial charge in [0.1, 0.15) is 0 Å². The van der Waals surface area contributed by atoms with Crippen molar-refractivity contribution in [3.63, 3.8) is 0 Å². The van der Waals surface area contributed by atoms with Crippen LogP contribution in [0.3, 0.4) is 0 Å². The molecule has 2 heterocycles. The van der Waals surface area contributed by atoms with Crippen LogP contribution in [0.1, 0.15) is 11.1 Å². The molecule has 2 aromatic carbocycles. The Hall–Kier alpha value is -2.42. The van der Waals surface area contributed by atoms with Crippen LogP contribution in [-0.2, 0) is 9.59 Å². The van der Waals surface area contributed by atoms with Crippen molar-refractivity contribution in [3.8, 4) is 0 Å². The highest BCUT2D eigenvalue weighted by atomic mass is 32.2. The van der Waals surface area contributed by atoms with Crippen LogP contribution < -0.4 is 5.32 Å². The Labute approximate surface area is 190 Å². The maximum absolute atomic E-state index is 12.6. The molecule has 0 spiro atoms. The Bertz CT molecular complexity index is 1040. The number of thiazole rings is 1. The van der Waals surface area contributed by atoms with Crippen molar-refractivity contribution in [1.82, 2.24) is 14.8 Å². The van der Waals surface area contributed by atoms with Gasteiger partial charge in [-0.1, -0.05) is 42.1 Å². The van der Waals surface area contributed by atoms with Gasteiger partial charge in [0.15, 0.2) is 4.34 Å². The fourth-order valence-electron chi connectivity index (χ4n) is 3.68. The molecule has 2 amide bonds. The molecule has 0 radical (unpaired) electrons. The summed E-state index contributed by atoms with van der Waals surface area (Å²) in [5.74, 6) is 0.514. The van der Waals surface area contributed by atoms with Crippen molar-refractivity contribution in [1.29, 1.82) is 0 Å². The molecule has 4 rings (SSSR count). The van der Waals surface area contributed by atoms with Gasteiger partial charge in [-0.25, -0.2) is 4.98 Å². The van der Waals surface area contributed by atoms with Crippen LogP contribution in [0, 0.1) is 13.8 Å². The number of rotatable bonds is 6. The number of piperazine rings is 1. The van der Waals surface area contributed by atoms with Crippen LogP contribution in [-0.4, -0.2) is 65.1 Å². The SMILES string of the molecule is Cc1cccc(C)c1NC(=O)CN1CCN(C(=O)CSc2nc3ccccc3s2)CC1. The summed E-state index contributed by atoms with van der Waals surface area (Å²) in [6.07, 6.45) is 0. The van der Waals surface area contributed by atoms with Gasteiger partial charge in [-0.2, -0.15) is 0 Å². The number of aromatic nitrogens is 1. The van der Waals surface area contributed by atoms with Crippen molar-refractivity contribution in [2.45, 2.75) is 18.2 Å². The largest absolute Gasteiger partial charge is 0.339 e. The van der Waals surface area contributed by atoms with E-state index in [9.17, 15) is 9.59 Å². The molecule has 1 aliphatic rings. The lowest BCUT2D eigenvalue weighted by atomic mass is 10.1. The van der Waals surface area contributed by atoms with Gasteiger partial charge in [0, 0.05) is 31.9 Å². The Kier molecular flexibility index (Phi) is 6.89. The molecule has 0 saturated carbocycles. The third-order valence-corrected chi connectivity index (χ3v) is 7.60. The number of thioether (sulfide) groups is 1. The first kappa shape index (κ1) is 21.8. The number of nitrogens with one attached hydrogen (secondary N) is 1. The predicted octanol–water partition coefficient (Wildman–Crippen LogP) is 3.79. The zero-order valence-corrected chi connectivity index (χ0v) is 19.4. The van der Waals surface area contributed by atoms with E-state index in [1.807, 2.05) is 55.1 Å². The molecule has 1 N–H and O–H groups in total. The molecule has 0 bridgehead atoms. The third kappa shape index (κ3) is 5.44. The number of fused-ring (bicyclic) bond motifs is 1. The molecule has 0 unspecified atom stereocenters. The number of carbonyl (C=O) groups excluding carboxylic acids is 2.